The molecule has 2 saturated heterocycles. The van der Waals surface area contributed by atoms with Gasteiger partial charge in [0.05, 0.1) is 25.3 Å². The zero-order valence-electron chi connectivity index (χ0n) is 11.7. The summed E-state index contributed by atoms with van der Waals surface area (Å²) in [7, 11) is 0. The molecule has 2 aliphatic heterocycles. The van der Waals surface area contributed by atoms with Gasteiger partial charge in [0, 0.05) is 0 Å². The summed E-state index contributed by atoms with van der Waals surface area (Å²) in [6.07, 6.45) is -6.53. The first-order valence-electron chi connectivity index (χ1n) is 7.19. The Morgan fingerprint density at radius 2 is 1.77 bits per heavy atom. The van der Waals surface area contributed by atoms with Crippen LogP contribution in [0.15, 0.2) is 11.6 Å². The lowest BCUT2D eigenvalue weighted by Gasteiger charge is -2.41. The number of aliphatic hydroxyl groups excluding tert-OH is 6. The average Bonchev–Trinajstić information content (AvgIpc) is 2.96. The molecule has 9 nitrogen and oxygen atoms in total. The van der Waals surface area contributed by atoms with Gasteiger partial charge in [-0.2, -0.15) is 0 Å². The minimum atomic E-state index is -1.47. The van der Waals surface area contributed by atoms with Gasteiger partial charge in [-0.15, -0.1) is 0 Å². The molecular weight excluding hydrogens is 298 g/mol. The largest absolute Gasteiger partial charge is 0.392 e. The molecule has 9 atom stereocenters. The third kappa shape index (κ3) is 2.58. The highest BCUT2D eigenvalue weighted by Crippen LogP contribution is 2.29. The van der Waals surface area contributed by atoms with Crippen molar-refractivity contribution in [3.05, 3.63) is 11.6 Å². The molecule has 0 spiro atoms. The Labute approximate surface area is 126 Å². The summed E-state index contributed by atoms with van der Waals surface area (Å²) < 4.78 is 10.6. The van der Waals surface area contributed by atoms with Crippen molar-refractivity contribution in [1.82, 2.24) is 5.32 Å². The van der Waals surface area contributed by atoms with Gasteiger partial charge in [0.25, 0.3) is 0 Å². The summed E-state index contributed by atoms with van der Waals surface area (Å²) in [5, 5.41) is 61.8. The fraction of sp³-hybridized carbons (Fsp3) is 0.846. The molecule has 2 bridgehead atoms. The highest BCUT2D eigenvalue weighted by molar-refractivity contribution is 5.22. The standard InChI is InChI=1S/C13H21NO8/c15-2-4-1-5(9(17)11(19)8(4)16)14-7-6-3-21-13(22-6)12(20)10(7)18/h1,5-20H,2-3H2/t5?,6-,7+,8+,9-,10?,11?,12?,13-/m0/s1. The maximum atomic E-state index is 10.1. The Hall–Kier alpha value is -0.620. The number of fused-ring (bicyclic) bond motifs is 2. The SMILES string of the molecule is OCC1=CC(N[C@H]2C(O)C(O)[C@H]3OC[C@@H]2O3)[C@H](O)C(O)[C@@H]1O. The van der Waals surface area contributed by atoms with Crippen LogP contribution in [0.2, 0.25) is 0 Å². The lowest BCUT2D eigenvalue weighted by atomic mass is 9.86. The fourth-order valence-corrected chi connectivity index (χ4v) is 3.17. The van der Waals surface area contributed by atoms with Gasteiger partial charge in [-0.05, 0) is 5.57 Å². The molecule has 2 heterocycles. The van der Waals surface area contributed by atoms with Crippen molar-refractivity contribution in [3.63, 3.8) is 0 Å². The van der Waals surface area contributed by atoms with E-state index >= 15 is 0 Å². The lowest BCUT2D eigenvalue weighted by molar-refractivity contribution is -0.204. The Bertz CT molecular complexity index is 446. The Kier molecular flexibility index (Phi) is 4.52. The molecule has 22 heavy (non-hydrogen) atoms. The summed E-state index contributed by atoms with van der Waals surface area (Å²) in [5.74, 6) is 0. The highest BCUT2D eigenvalue weighted by atomic mass is 16.7. The van der Waals surface area contributed by atoms with E-state index in [2.05, 4.69) is 5.32 Å². The van der Waals surface area contributed by atoms with E-state index in [1.807, 2.05) is 0 Å². The number of hydrogen-bond acceptors (Lipinski definition) is 9. The first kappa shape index (κ1) is 16.2. The number of nitrogens with one attached hydrogen (secondary N) is 1. The topological polar surface area (TPSA) is 152 Å². The Morgan fingerprint density at radius 3 is 2.45 bits per heavy atom. The zero-order valence-corrected chi connectivity index (χ0v) is 11.7. The van der Waals surface area contributed by atoms with Gasteiger partial charge in [0.1, 0.15) is 36.6 Å². The van der Waals surface area contributed by atoms with Crippen molar-refractivity contribution < 1.29 is 40.1 Å². The van der Waals surface area contributed by atoms with E-state index in [-0.39, 0.29) is 12.2 Å². The maximum Gasteiger partial charge on any atom is 0.186 e. The summed E-state index contributed by atoms with van der Waals surface area (Å²) in [6.45, 7) is -0.287. The lowest BCUT2D eigenvalue weighted by Crippen LogP contribution is -2.65. The third-order valence-electron chi connectivity index (χ3n) is 4.51. The van der Waals surface area contributed by atoms with E-state index in [0.29, 0.717) is 0 Å². The average molecular weight is 319 g/mol. The van der Waals surface area contributed by atoms with Crippen molar-refractivity contribution in [1.29, 1.82) is 0 Å². The Balaban J connectivity index is 1.78. The minimum absolute atomic E-state index is 0.169. The van der Waals surface area contributed by atoms with Crippen LogP contribution in [0.1, 0.15) is 0 Å². The first-order valence-corrected chi connectivity index (χ1v) is 7.19. The van der Waals surface area contributed by atoms with E-state index in [4.69, 9.17) is 9.47 Å². The van der Waals surface area contributed by atoms with Crippen molar-refractivity contribution >= 4 is 0 Å². The van der Waals surface area contributed by atoms with Crippen molar-refractivity contribution in [2.24, 2.45) is 0 Å². The van der Waals surface area contributed by atoms with Crippen LogP contribution in [0.25, 0.3) is 0 Å². The highest BCUT2D eigenvalue weighted by Gasteiger charge is 2.51. The summed E-state index contributed by atoms with van der Waals surface area (Å²) >= 11 is 0. The molecule has 0 aromatic carbocycles. The normalized spacial score (nSPS) is 51.7. The first-order chi connectivity index (χ1) is 10.4. The molecule has 4 unspecified atom stereocenters. The van der Waals surface area contributed by atoms with Crippen LogP contribution >= 0.6 is 0 Å². The van der Waals surface area contributed by atoms with Gasteiger partial charge in [0.15, 0.2) is 6.29 Å². The smallest absolute Gasteiger partial charge is 0.186 e. The van der Waals surface area contributed by atoms with Crippen LogP contribution in [0.4, 0.5) is 0 Å². The molecule has 2 fully saturated rings. The predicted octanol–water partition coefficient (Wildman–Crippen LogP) is -4.19. The molecule has 0 amide bonds. The molecule has 7 N–H and O–H groups in total. The summed E-state index contributed by atoms with van der Waals surface area (Å²) in [6, 6.07) is -1.56. The predicted molar refractivity (Wildman–Crippen MR) is 70.5 cm³/mol. The number of rotatable bonds is 3. The van der Waals surface area contributed by atoms with E-state index < -0.39 is 61.6 Å². The molecule has 0 aromatic rings. The second-order valence-corrected chi connectivity index (χ2v) is 5.90. The van der Waals surface area contributed by atoms with Crippen LogP contribution in [0, 0.1) is 0 Å². The van der Waals surface area contributed by atoms with Crippen LogP contribution in [-0.4, -0.2) is 98.9 Å². The molecule has 126 valence electrons. The van der Waals surface area contributed by atoms with Gasteiger partial charge < -0.3 is 45.4 Å². The van der Waals surface area contributed by atoms with Crippen LogP contribution in [0.3, 0.4) is 0 Å². The molecule has 3 rings (SSSR count). The molecule has 1 aliphatic carbocycles. The van der Waals surface area contributed by atoms with E-state index in [1.54, 1.807) is 0 Å². The van der Waals surface area contributed by atoms with Gasteiger partial charge >= 0.3 is 0 Å². The monoisotopic (exact) mass is 319 g/mol. The minimum Gasteiger partial charge on any atom is -0.392 e. The quantitative estimate of drug-likeness (QED) is 0.257. The number of ether oxygens (including phenoxy) is 2. The molecule has 0 aromatic heterocycles. The van der Waals surface area contributed by atoms with E-state index in [1.165, 1.54) is 6.08 Å². The van der Waals surface area contributed by atoms with E-state index in [9.17, 15) is 30.6 Å². The fourth-order valence-electron chi connectivity index (χ4n) is 3.17. The molecule has 3 aliphatic rings. The number of hydrogen-bond donors (Lipinski definition) is 7. The maximum absolute atomic E-state index is 10.1. The van der Waals surface area contributed by atoms with Gasteiger partial charge in [-0.1, -0.05) is 6.08 Å². The number of aliphatic hydroxyl groups is 6. The van der Waals surface area contributed by atoms with Crippen LogP contribution in [0.5, 0.6) is 0 Å². The second kappa shape index (κ2) is 6.11. The van der Waals surface area contributed by atoms with Crippen LogP contribution in [-0.2, 0) is 9.47 Å². The molecule has 9 heteroatoms. The van der Waals surface area contributed by atoms with Crippen molar-refractivity contribution in [3.8, 4) is 0 Å². The van der Waals surface area contributed by atoms with Gasteiger partial charge in [-0.25, -0.2) is 0 Å². The van der Waals surface area contributed by atoms with Gasteiger partial charge in [-0.3, -0.25) is 0 Å². The van der Waals surface area contributed by atoms with Crippen molar-refractivity contribution in [2.45, 2.75) is 55.0 Å². The molecule has 0 saturated carbocycles. The van der Waals surface area contributed by atoms with Crippen LogP contribution < -0.4 is 5.32 Å². The summed E-state index contributed by atoms with van der Waals surface area (Å²) in [4.78, 5) is 0. The second-order valence-electron chi connectivity index (χ2n) is 5.90. The van der Waals surface area contributed by atoms with Crippen molar-refractivity contribution in [2.75, 3.05) is 13.2 Å². The van der Waals surface area contributed by atoms with E-state index in [0.717, 1.165) is 0 Å². The summed E-state index contributed by atoms with van der Waals surface area (Å²) in [5.41, 5.74) is 0.169. The zero-order chi connectivity index (χ0) is 16.0. The Morgan fingerprint density at radius 1 is 1.05 bits per heavy atom. The van der Waals surface area contributed by atoms with Gasteiger partial charge in [0.2, 0.25) is 0 Å². The molecule has 0 radical (unpaired) electrons. The molecular formula is C13H21NO8. The third-order valence-corrected chi connectivity index (χ3v) is 4.51.